The second-order valence-corrected chi connectivity index (χ2v) is 5.17. The van der Waals surface area contributed by atoms with E-state index in [-0.39, 0.29) is 31.3 Å². The molecule has 3 nitrogen and oxygen atoms in total. The van der Waals surface area contributed by atoms with E-state index in [4.69, 9.17) is 5.11 Å². The molecule has 1 aliphatic rings. The Kier molecular flexibility index (Phi) is 6.62. The summed E-state index contributed by atoms with van der Waals surface area (Å²) in [7, 11) is 0. The zero-order valence-electron chi connectivity index (χ0n) is 11.0. The summed E-state index contributed by atoms with van der Waals surface area (Å²) in [5, 5.41) is 11.4. The Morgan fingerprint density at radius 3 is 2.26 bits per heavy atom. The minimum Gasteiger partial charge on any atom is -0.396 e. The predicted octanol–water partition coefficient (Wildman–Crippen LogP) is 2.63. The summed E-state index contributed by atoms with van der Waals surface area (Å²) in [5.74, 6) is -1.62. The van der Waals surface area contributed by atoms with Gasteiger partial charge in [-0.15, -0.1) is 0 Å². The lowest BCUT2D eigenvalue weighted by Crippen LogP contribution is -2.36. The maximum atomic E-state index is 12.5. The highest BCUT2D eigenvalue weighted by atomic mass is 19.4. The van der Waals surface area contributed by atoms with E-state index in [1.54, 1.807) is 0 Å². The van der Waals surface area contributed by atoms with Crippen LogP contribution in [0.4, 0.5) is 13.2 Å². The minimum absolute atomic E-state index is 0.0616. The van der Waals surface area contributed by atoms with Crippen LogP contribution in [0.3, 0.4) is 0 Å². The summed E-state index contributed by atoms with van der Waals surface area (Å²) < 4.78 is 37.4. The molecule has 0 bridgehead atoms. The van der Waals surface area contributed by atoms with Crippen molar-refractivity contribution in [3.05, 3.63) is 0 Å². The summed E-state index contributed by atoms with van der Waals surface area (Å²) in [6, 6.07) is 0. The van der Waals surface area contributed by atoms with Gasteiger partial charge in [-0.3, -0.25) is 4.79 Å². The van der Waals surface area contributed by atoms with Crippen molar-refractivity contribution in [3.8, 4) is 0 Å². The Morgan fingerprint density at radius 1 is 1.11 bits per heavy atom. The van der Waals surface area contributed by atoms with Crippen LogP contribution in [-0.2, 0) is 4.79 Å². The fourth-order valence-corrected chi connectivity index (χ4v) is 2.45. The molecule has 0 aromatic carbocycles. The van der Waals surface area contributed by atoms with Crippen molar-refractivity contribution in [1.29, 1.82) is 0 Å². The third-order valence-corrected chi connectivity index (χ3v) is 3.70. The second kappa shape index (κ2) is 7.72. The van der Waals surface area contributed by atoms with Gasteiger partial charge in [-0.25, -0.2) is 0 Å². The van der Waals surface area contributed by atoms with Gasteiger partial charge < -0.3 is 10.4 Å². The molecule has 1 aliphatic carbocycles. The fraction of sp³-hybridized carbons (Fsp3) is 0.923. The largest absolute Gasteiger partial charge is 0.396 e. The molecule has 0 aliphatic heterocycles. The van der Waals surface area contributed by atoms with Crippen LogP contribution >= 0.6 is 0 Å². The fourth-order valence-electron chi connectivity index (χ4n) is 2.45. The van der Waals surface area contributed by atoms with Gasteiger partial charge in [0.15, 0.2) is 0 Å². The first-order chi connectivity index (χ1) is 8.95. The van der Waals surface area contributed by atoms with Gasteiger partial charge in [0.25, 0.3) is 0 Å². The number of hydrogen-bond acceptors (Lipinski definition) is 2. The Morgan fingerprint density at radius 2 is 1.74 bits per heavy atom. The summed E-state index contributed by atoms with van der Waals surface area (Å²) in [6.07, 6.45) is -0.989. The van der Waals surface area contributed by atoms with Gasteiger partial charge in [-0.05, 0) is 44.9 Å². The van der Waals surface area contributed by atoms with Gasteiger partial charge in [0, 0.05) is 19.1 Å². The maximum Gasteiger partial charge on any atom is 0.391 e. The van der Waals surface area contributed by atoms with Crippen molar-refractivity contribution in [1.82, 2.24) is 5.32 Å². The van der Waals surface area contributed by atoms with Gasteiger partial charge in [-0.1, -0.05) is 0 Å². The van der Waals surface area contributed by atoms with E-state index in [1.807, 2.05) is 0 Å². The number of rotatable bonds is 6. The van der Waals surface area contributed by atoms with E-state index >= 15 is 0 Å². The number of nitrogens with one attached hydrogen (secondary N) is 1. The first-order valence-electron chi connectivity index (χ1n) is 6.90. The Labute approximate surface area is 111 Å². The van der Waals surface area contributed by atoms with Crippen molar-refractivity contribution >= 4 is 5.91 Å². The molecule has 19 heavy (non-hydrogen) atoms. The second-order valence-electron chi connectivity index (χ2n) is 5.17. The lowest BCUT2D eigenvalue weighted by molar-refractivity contribution is -0.184. The molecule has 1 amide bonds. The van der Waals surface area contributed by atoms with Crippen molar-refractivity contribution in [2.45, 2.75) is 51.1 Å². The molecule has 1 saturated carbocycles. The smallest absolute Gasteiger partial charge is 0.391 e. The lowest BCUT2D eigenvalue weighted by Gasteiger charge is -2.29. The van der Waals surface area contributed by atoms with Crippen LogP contribution in [0.1, 0.15) is 44.9 Å². The normalized spacial score (nSPS) is 24.2. The molecule has 0 aromatic rings. The van der Waals surface area contributed by atoms with Gasteiger partial charge in [0.2, 0.25) is 5.91 Å². The molecule has 1 fully saturated rings. The highest BCUT2D eigenvalue weighted by Crippen LogP contribution is 2.39. The van der Waals surface area contributed by atoms with E-state index in [9.17, 15) is 18.0 Å². The monoisotopic (exact) mass is 281 g/mol. The highest BCUT2D eigenvalue weighted by Gasteiger charge is 2.42. The van der Waals surface area contributed by atoms with Crippen LogP contribution in [0.5, 0.6) is 0 Å². The molecular weight excluding hydrogens is 259 g/mol. The summed E-state index contributed by atoms with van der Waals surface area (Å²) in [4.78, 5) is 11.7. The van der Waals surface area contributed by atoms with Crippen molar-refractivity contribution in [2.24, 2.45) is 11.8 Å². The maximum absolute atomic E-state index is 12.5. The van der Waals surface area contributed by atoms with E-state index < -0.39 is 12.1 Å². The zero-order chi connectivity index (χ0) is 14.3. The molecule has 112 valence electrons. The molecule has 0 spiro atoms. The molecule has 0 atom stereocenters. The molecule has 0 radical (unpaired) electrons. The third-order valence-electron chi connectivity index (χ3n) is 3.70. The van der Waals surface area contributed by atoms with E-state index in [1.165, 1.54) is 0 Å². The number of amides is 1. The lowest BCUT2D eigenvalue weighted by atomic mass is 9.81. The number of hydrogen-bond donors (Lipinski definition) is 2. The first-order valence-corrected chi connectivity index (χ1v) is 6.90. The van der Waals surface area contributed by atoms with E-state index in [0.717, 1.165) is 12.8 Å². The molecule has 2 N–H and O–H groups in total. The van der Waals surface area contributed by atoms with Gasteiger partial charge in [0.1, 0.15) is 0 Å². The average molecular weight is 281 g/mol. The summed E-state index contributed by atoms with van der Waals surface area (Å²) in [6.45, 7) is 0.688. The number of aliphatic hydroxyl groups excluding tert-OH is 1. The van der Waals surface area contributed by atoms with Gasteiger partial charge in [-0.2, -0.15) is 13.2 Å². The van der Waals surface area contributed by atoms with Crippen molar-refractivity contribution in [2.75, 3.05) is 13.2 Å². The predicted molar refractivity (Wildman–Crippen MR) is 65.4 cm³/mol. The number of unbranched alkanes of at least 4 members (excludes halogenated alkanes) is 2. The number of alkyl halides is 3. The zero-order valence-corrected chi connectivity index (χ0v) is 11.0. The summed E-state index contributed by atoms with van der Waals surface area (Å²) in [5.41, 5.74) is 0. The van der Waals surface area contributed by atoms with Crippen LogP contribution in [0, 0.1) is 11.8 Å². The molecule has 1 rings (SSSR count). The number of carbonyl (C=O) groups excluding carboxylic acids is 1. The molecule has 0 saturated heterocycles. The van der Waals surface area contributed by atoms with Gasteiger partial charge in [0.05, 0.1) is 5.92 Å². The van der Waals surface area contributed by atoms with Crippen LogP contribution in [0.15, 0.2) is 0 Å². The molecule has 0 heterocycles. The molecule has 0 aromatic heterocycles. The van der Waals surface area contributed by atoms with Crippen LogP contribution in [-0.4, -0.2) is 30.3 Å². The summed E-state index contributed by atoms with van der Waals surface area (Å²) >= 11 is 0. The quantitative estimate of drug-likeness (QED) is 0.735. The number of aliphatic hydroxyl groups is 1. The Bertz CT molecular complexity index is 274. The first kappa shape index (κ1) is 16.3. The van der Waals surface area contributed by atoms with Gasteiger partial charge >= 0.3 is 6.18 Å². The molecular formula is C13H22F3NO2. The van der Waals surface area contributed by atoms with Crippen LogP contribution in [0.2, 0.25) is 0 Å². The van der Waals surface area contributed by atoms with Crippen LogP contribution < -0.4 is 5.32 Å². The average Bonchev–Trinajstić information content (AvgIpc) is 2.37. The van der Waals surface area contributed by atoms with Crippen molar-refractivity contribution in [3.63, 3.8) is 0 Å². The Hall–Kier alpha value is -0.780. The molecule has 6 heteroatoms. The van der Waals surface area contributed by atoms with E-state index in [2.05, 4.69) is 5.32 Å². The number of carbonyl (C=O) groups is 1. The standard InChI is InChI=1S/C13H22F3NO2/c14-13(15,16)11-6-4-10(5-7-11)12(19)17-8-2-1-3-9-18/h10-11,18H,1-9H2,(H,17,19). The number of halogens is 3. The van der Waals surface area contributed by atoms with Crippen molar-refractivity contribution < 1.29 is 23.1 Å². The topological polar surface area (TPSA) is 49.3 Å². The van der Waals surface area contributed by atoms with Crippen LogP contribution in [0.25, 0.3) is 0 Å². The van der Waals surface area contributed by atoms with E-state index in [0.29, 0.717) is 25.8 Å². The minimum atomic E-state index is -4.12. The third kappa shape index (κ3) is 5.80. The Balaban J connectivity index is 2.18. The highest BCUT2D eigenvalue weighted by molar-refractivity contribution is 5.78. The molecule has 0 unspecified atom stereocenters. The SMILES string of the molecule is O=C(NCCCCCO)C1CCC(C(F)(F)F)CC1.